The quantitative estimate of drug-likeness (QED) is 0.673. The summed E-state index contributed by atoms with van der Waals surface area (Å²) in [6, 6.07) is 14.1. The fourth-order valence-electron chi connectivity index (χ4n) is 4.18. The molecular weight excluding hydrogens is 422 g/mol. The lowest BCUT2D eigenvalue weighted by atomic mass is 9.89. The van der Waals surface area contributed by atoms with Crippen molar-refractivity contribution in [3.8, 4) is 0 Å². The summed E-state index contributed by atoms with van der Waals surface area (Å²) in [6.45, 7) is 4.17. The first kappa shape index (κ1) is 18.6. The summed E-state index contributed by atoms with van der Waals surface area (Å²) >= 11 is 9.09. The Balaban J connectivity index is 1.61. The van der Waals surface area contributed by atoms with Crippen LogP contribution in [0.2, 0.25) is 0 Å². The summed E-state index contributed by atoms with van der Waals surface area (Å²) in [4.78, 5) is 17.2. The van der Waals surface area contributed by atoms with Crippen molar-refractivity contribution in [3.05, 3.63) is 63.6 Å². The molecule has 2 heterocycles. The van der Waals surface area contributed by atoms with Crippen molar-refractivity contribution in [2.24, 2.45) is 0 Å². The van der Waals surface area contributed by atoms with Gasteiger partial charge >= 0.3 is 0 Å². The third kappa shape index (κ3) is 3.53. The molecule has 4 rings (SSSR count). The van der Waals surface area contributed by atoms with Crippen LogP contribution in [0.3, 0.4) is 0 Å². The van der Waals surface area contributed by atoms with Gasteiger partial charge in [-0.05, 0) is 75.1 Å². The van der Waals surface area contributed by atoms with Gasteiger partial charge in [0.05, 0.1) is 0 Å². The van der Waals surface area contributed by atoms with E-state index >= 15 is 0 Å². The first-order valence-electron chi connectivity index (χ1n) is 9.13. The van der Waals surface area contributed by atoms with E-state index in [1.807, 2.05) is 12.1 Å². The van der Waals surface area contributed by atoms with Gasteiger partial charge in [-0.1, -0.05) is 33.6 Å². The van der Waals surface area contributed by atoms with Crippen LogP contribution in [0.1, 0.15) is 33.8 Å². The number of likely N-dealkylation sites (N-methyl/N-ethyl adjacent to an activating group) is 1. The Labute approximate surface area is 173 Å². The molecule has 1 amide bonds. The van der Waals surface area contributed by atoms with Crippen LogP contribution >= 0.6 is 28.1 Å². The number of carbonyl (C=O) groups excluding carboxylic acids is 1. The second kappa shape index (κ2) is 7.34. The van der Waals surface area contributed by atoms with Gasteiger partial charge in [0.25, 0.3) is 5.91 Å². The zero-order chi connectivity index (χ0) is 19.1. The largest absolute Gasteiger partial charge is 0.315 e. The minimum Gasteiger partial charge on any atom is -0.315 e. The predicted molar refractivity (Wildman–Crippen MR) is 117 cm³/mol. The molecule has 140 valence electrons. The van der Waals surface area contributed by atoms with Gasteiger partial charge in [0.1, 0.15) is 0 Å². The molecule has 6 heteroatoms. The number of anilines is 1. The highest BCUT2D eigenvalue weighted by atomic mass is 79.9. The van der Waals surface area contributed by atoms with Gasteiger partial charge in [-0.2, -0.15) is 0 Å². The van der Waals surface area contributed by atoms with Crippen molar-refractivity contribution in [1.82, 2.24) is 10.2 Å². The standard InChI is InChI=1S/C21H22BrN3OS/c1-13-3-8-18-16(11-13)17-12-24(2)10-9-19(17)25(18)21(27)23-20(26)14-4-6-15(22)7-5-14/h3-8,11,17,19H,9-10,12H2,1-2H3,(H,23,26,27)/t17-,19+/m1/s1. The summed E-state index contributed by atoms with van der Waals surface area (Å²) in [7, 11) is 2.17. The number of carbonyl (C=O) groups is 1. The Kier molecular flexibility index (Phi) is 5.05. The summed E-state index contributed by atoms with van der Waals surface area (Å²) in [5.41, 5.74) is 4.33. The van der Waals surface area contributed by atoms with Gasteiger partial charge in [0.2, 0.25) is 0 Å². The van der Waals surface area contributed by atoms with Crippen molar-refractivity contribution in [1.29, 1.82) is 0 Å². The van der Waals surface area contributed by atoms with Crippen molar-refractivity contribution >= 4 is 44.9 Å². The van der Waals surface area contributed by atoms with E-state index in [1.54, 1.807) is 12.1 Å². The molecule has 2 aromatic rings. The Hall–Kier alpha value is -1.76. The minimum atomic E-state index is -0.169. The third-order valence-electron chi connectivity index (χ3n) is 5.50. The van der Waals surface area contributed by atoms with Crippen LogP contribution < -0.4 is 10.2 Å². The molecular formula is C21H22BrN3OS. The van der Waals surface area contributed by atoms with E-state index in [9.17, 15) is 4.79 Å². The van der Waals surface area contributed by atoms with Crippen LogP contribution in [0.25, 0.3) is 0 Å². The first-order valence-corrected chi connectivity index (χ1v) is 10.3. The molecule has 1 N–H and O–H groups in total. The van der Waals surface area contributed by atoms with E-state index in [2.05, 4.69) is 63.2 Å². The summed E-state index contributed by atoms with van der Waals surface area (Å²) < 4.78 is 0.944. The van der Waals surface area contributed by atoms with Crippen LogP contribution in [0, 0.1) is 6.92 Å². The number of nitrogens with one attached hydrogen (secondary N) is 1. The van der Waals surface area contributed by atoms with Crippen molar-refractivity contribution < 1.29 is 4.79 Å². The molecule has 0 radical (unpaired) electrons. The smallest absolute Gasteiger partial charge is 0.257 e. The van der Waals surface area contributed by atoms with E-state index in [-0.39, 0.29) is 5.91 Å². The van der Waals surface area contributed by atoms with E-state index in [4.69, 9.17) is 12.2 Å². The highest BCUT2D eigenvalue weighted by Gasteiger charge is 2.43. The van der Waals surface area contributed by atoms with Crippen molar-refractivity contribution in [2.45, 2.75) is 25.3 Å². The molecule has 2 aliphatic rings. The summed E-state index contributed by atoms with van der Waals surface area (Å²) in [5, 5.41) is 3.44. The number of hydrogen-bond acceptors (Lipinski definition) is 3. The SMILES string of the molecule is Cc1ccc2c(c1)[C@H]1CN(C)CC[C@@H]1N2C(=S)NC(=O)c1ccc(Br)cc1. The van der Waals surface area contributed by atoms with Crippen LogP contribution in [-0.2, 0) is 0 Å². The number of rotatable bonds is 1. The lowest BCUT2D eigenvalue weighted by Gasteiger charge is -2.37. The zero-order valence-corrected chi connectivity index (χ0v) is 17.8. The number of piperidine rings is 1. The number of amides is 1. The van der Waals surface area contributed by atoms with Crippen molar-refractivity contribution in [3.63, 3.8) is 0 Å². The van der Waals surface area contributed by atoms with Gasteiger partial charge in [0, 0.05) is 34.2 Å². The topological polar surface area (TPSA) is 35.6 Å². The number of benzene rings is 2. The van der Waals surface area contributed by atoms with E-state index < -0.39 is 0 Å². The maximum absolute atomic E-state index is 12.7. The maximum atomic E-state index is 12.7. The number of hydrogen-bond donors (Lipinski definition) is 1. The molecule has 0 unspecified atom stereocenters. The Morgan fingerprint density at radius 3 is 2.70 bits per heavy atom. The van der Waals surface area contributed by atoms with Crippen LogP contribution in [0.4, 0.5) is 5.69 Å². The summed E-state index contributed by atoms with van der Waals surface area (Å²) in [6.07, 6.45) is 1.03. The Morgan fingerprint density at radius 1 is 1.22 bits per heavy atom. The van der Waals surface area contributed by atoms with Gasteiger partial charge in [-0.3, -0.25) is 10.1 Å². The maximum Gasteiger partial charge on any atom is 0.257 e. The number of halogens is 1. The third-order valence-corrected chi connectivity index (χ3v) is 6.33. The number of nitrogens with zero attached hydrogens (tertiary/aromatic N) is 2. The molecule has 0 aliphatic carbocycles. The molecule has 1 fully saturated rings. The number of fused-ring (bicyclic) bond motifs is 3. The van der Waals surface area contributed by atoms with E-state index in [0.29, 0.717) is 22.6 Å². The van der Waals surface area contributed by atoms with Gasteiger partial charge in [-0.25, -0.2) is 0 Å². The van der Waals surface area contributed by atoms with Crippen LogP contribution in [0.15, 0.2) is 46.9 Å². The lowest BCUT2D eigenvalue weighted by molar-refractivity contribution is 0.0977. The molecule has 27 heavy (non-hydrogen) atoms. The highest BCUT2D eigenvalue weighted by Crippen LogP contribution is 2.44. The summed E-state index contributed by atoms with van der Waals surface area (Å²) in [5.74, 6) is 0.249. The first-order chi connectivity index (χ1) is 12.9. The molecule has 2 atom stereocenters. The average Bonchev–Trinajstić information content (AvgIpc) is 2.95. The number of aryl methyl sites for hydroxylation is 1. The van der Waals surface area contributed by atoms with E-state index in [0.717, 1.165) is 29.7 Å². The number of thiocarbonyl (C=S) groups is 1. The monoisotopic (exact) mass is 443 g/mol. The van der Waals surface area contributed by atoms with Crippen LogP contribution in [0.5, 0.6) is 0 Å². The molecule has 2 aromatic carbocycles. The fourth-order valence-corrected chi connectivity index (χ4v) is 4.77. The molecule has 1 saturated heterocycles. The fraction of sp³-hybridized carbons (Fsp3) is 0.333. The second-order valence-corrected chi connectivity index (χ2v) is 8.73. The lowest BCUT2D eigenvalue weighted by Crippen LogP contribution is -2.51. The molecule has 4 nitrogen and oxygen atoms in total. The van der Waals surface area contributed by atoms with Gasteiger partial charge in [-0.15, -0.1) is 0 Å². The molecule has 2 aliphatic heterocycles. The zero-order valence-electron chi connectivity index (χ0n) is 15.4. The predicted octanol–water partition coefficient (Wildman–Crippen LogP) is 4.08. The molecule has 0 saturated carbocycles. The Bertz CT molecular complexity index is 899. The Morgan fingerprint density at radius 2 is 1.96 bits per heavy atom. The van der Waals surface area contributed by atoms with Gasteiger partial charge in [0.15, 0.2) is 5.11 Å². The number of likely N-dealkylation sites (tertiary alicyclic amines) is 1. The average molecular weight is 444 g/mol. The van der Waals surface area contributed by atoms with Gasteiger partial charge < -0.3 is 9.80 Å². The molecule has 0 aromatic heterocycles. The van der Waals surface area contributed by atoms with Crippen LogP contribution in [-0.4, -0.2) is 42.1 Å². The van der Waals surface area contributed by atoms with Crippen molar-refractivity contribution in [2.75, 3.05) is 25.0 Å². The molecule has 0 bridgehead atoms. The minimum absolute atomic E-state index is 0.169. The second-order valence-electron chi connectivity index (χ2n) is 7.42. The van der Waals surface area contributed by atoms with E-state index in [1.165, 1.54) is 11.1 Å². The normalized spacial score (nSPS) is 21.5. The highest BCUT2D eigenvalue weighted by molar-refractivity contribution is 9.10. The molecule has 0 spiro atoms.